The van der Waals surface area contributed by atoms with Crippen LogP contribution in [0.5, 0.6) is 0 Å². The first kappa shape index (κ1) is 19.2. The smallest absolute Gasteiger partial charge is 0.411 e. The molecule has 0 aliphatic heterocycles. The van der Waals surface area contributed by atoms with Crippen LogP contribution in [0.2, 0.25) is 0 Å². The SMILES string of the molecule is N#CC(=NNc1ccc(C(C#N)Cc2ccccc2)cc1)C(=O)NC(=O)O. The van der Waals surface area contributed by atoms with Gasteiger partial charge >= 0.3 is 6.09 Å². The highest BCUT2D eigenvalue weighted by Gasteiger charge is 2.14. The minimum Gasteiger partial charge on any atom is -0.465 e. The number of hydrazone groups is 1. The Kier molecular flexibility index (Phi) is 6.63. The van der Waals surface area contributed by atoms with Crippen molar-refractivity contribution in [3.63, 3.8) is 0 Å². The Balaban J connectivity index is 2.06. The molecule has 0 saturated heterocycles. The summed E-state index contributed by atoms with van der Waals surface area (Å²) in [7, 11) is 0. The lowest BCUT2D eigenvalue weighted by Crippen LogP contribution is -2.34. The Morgan fingerprint density at radius 1 is 1.07 bits per heavy atom. The molecule has 1 unspecified atom stereocenters. The number of carboxylic acid groups (broad SMARTS) is 1. The van der Waals surface area contributed by atoms with Crippen molar-refractivity contribution >= 4 is 23.4 Å². The van der Waals surface area contributed by atoms with Gasteiger partial charge in [-0.2, -0.15) is 15.6 Å². The summed E-state index contributed by atoms with van der Waals surface area (Å²) < 4.78 is 0. The first-order chi connectivity index (χ1) is 13.0. The second-order valence-corrected chi connectivity index (χ2v) is 5.44. The molecule has 0 bridgehead atoms. The number of nitrogens with zero attached hydrogens (tertiary/aromatic N) is 3. The zero-order chi connectivity index (χ0) is 19.6. The van der Waals surface area contributed by atoms with E-state index in [1.165, 1.54) is 11.4 Å². The first-order valence-corrected chi connectivity index (χ1v) is 7.85. The number of nitriles is 2. The monoisotopic (exact) mass is 361 g/mol. The number of amides is 2. The van der Waals surface area contributed by atoms with Crippen LogP contribution in [0.4, 0.5) is 10.5 Å². The van der Waals surface area contributed by atoms with Crippen LogP contribution in [0.3, 0.4) is 0 Å². The van der Waals surface area contributed by atoms with E-state index in [0.29, 0.717) is 12.1 Å². The Morgan fingerprint density at radius 3 is 2.30 bits per heavy atom. The molecule has 134 valence electrons. The molecule has 2 aromatic carbocycles. The third kappa shape index (κ3) is 5.69. The van der Waals surface area contributed by atoms with Gasteiger partial charge < -0.3 is 5.11 Å². The normalized spacial score (nSPS) is 11.6. The highest BCUT2D eigenvalue weighted by atomic mass is 16.4. The molecule has 2 rings (SSSR count). The summed E-state index contributed by atoms with van der Waals surface area (Å²) in [4.78, 5) is 21.9. The largest absolute Gasteiger partial charge is 0.465 e. The predicted molar refractivity (Wildman–Crippen MR) is 97.8 cm³/mol. The molecule has 2 amide bonds. The van der Waals surface area contributed by atoms with Gasteiger partial charge in [-0.15, -0.1) is 0 Å². The average Bonchev–Trinajstić information content (AvgIpc) is 2.67. The lowest BCUT2D eigenvalue weighted by Gasteiger charge is -2.10. The second kappa shape index (κ2) is 9.35. The topological polar surface area (TPSA) is 138 Å². The van der Waals surface area contributed by atoms with Gasteiger partial charge in [0.1, 0.15) is 6.07 Å². The number of nitrogens with one attached hydrogen (secondary N) is 2. The molecule has 1 atom stereocenters. The summed E-state index contributed by atoms with van der Waals surface area (Å²) in [5.41, 5.74) is 4.24. The standard InChI is InChI=1S/C19H15N5O3/c20-11-15(10-13-4-2-1-3-5-13)14-6-8-16(9-7-14)23-24-17(12-21)18(25)22-19(26)27/h1-9,15,23H,10H2,(H,22,25)(H,26,27). The van der Waals surface area contributed by atoms with Gasteiger partial charge in [0.2, 0.25) is 5.71 Å². The minimum atomic E-state index is -1.58. The summed E-state index contributed by atoms with van der Waals surface area (Å²) in [6.45, 7) is 0. The lowest BCUT2D eigenvalue weighted by molar-refractivity contribution is -0.114. The van der Waals surface area contributed by atoms with Crippen LogP contribution in [0.25, 0.3) is 0 Å². The van der Waals surface area contributed by atoms with Gasteiger partial charge in [0, 0.05) is 0 Å². The van der Waals surface area contributed by atoms with Crippen molar-refractivity contribution in [1.29, 1.82) is 10.5 Å². The summed E-state index contributed by atoms with van der Waals surface area (Å²) >= 11 is 0. The molecule has 8 nitrogen and oxygen atoms in total. The van der Waals surface area contributed by atoms with Gasteiger partial charge in [0.25, 0.3) is 5.91 Å². The maximum atomic E-state index is 11.4. The van der Waals surface area contributed by atoms with Crippen molar-refractivity contribution in [2.45, 2.75) is 12.3 Å². The van der Waals surface area contributed by atoms with Gasteiger partial charge in [-0.05, 0) is 29.7 Å². The van der Waals surface area contributed by atoms with Crippen molar-refractivity contribution in [2.24, 2.45) is 5.10 Å². The number of benzene rings is 2. The number of anilines is 1. The number of carbonyl (C=O) groups excluding carboxylic acids is 1. The van der Waals surface area contributed by atoms with Crippen LogP contribution in [0, 0.1) is 22.7 Å². The number of hydrogen-bond donors (Lipinski definition) is 3. The molecular weight excluding hydrogens is 346 g/mol. The summed E-state index contributed by atoms with van der Waals surface area (Å²) in [6, 6.07) is 20.3. The zero-order valence-corrected chi connectivity index (χ0v) is 14.1. The van der Waals surface area contributed by atoms with E-state index >= 15 is 0 Å². The van der Waals surface area contributed by atoms with Crippen LogP contribution in [-0.4, -0.2) is 22.8 Å². The van der Waals surface area contributed by atoms with Crippen LogP contribution in [0.1, 0.15) is 17.0 Å². The van der Waals surface area contributed by atoms with Crippen molar-refractivity contribution in [3.8, 4) is 12.1 Å². The summed E-state index contributed by atoms with van der Waals surface area (Å²) in [6.07, 6.45) is -0.996. The maximum absolute atomic E-state index is 11.4. The number of rotatable bonds is 6. The van der Waals surface area contributed by atoms with Crippen molar-refractivity contribution in [2.75, 3.05) is 5.43 Å². The van der Waals surface area contributed by atoms with Gasteiger partial charge in [0.05, 0.1) is 17.7 Å². The van der Waals surface area contributed by atoms with Gasteiger partial charge in [-0.1, -0.05) is 42.5 Å². The number of imide groups is 1. The van der Waals surface area contributed by atoms with E-state index in [9.17, 15) is 14.9 Å². The molecule has 0 radical (unpaired) electrons. The molecule has 27 heavy (non-hydrogen) atoms. The molecule has 0 fully saturated rings. The molecular formula is C19H15N5O3. The highest BCUT2D eigenvalue weighted by molar-refractivity contribution is 6.46. The van der Waals surface area contributed by atoms with Gasteiger partial charge in [-0.3, -0.25) is 15.5 Å². The van der Waals surface area contributed by atoms with E-state index in [1.807, 2.05) is 30.3 Å². The Hall–Kier alpha value is -4.17. The van der Waals surface area contributed by atoms with E-state index in [0.717, 1.165) is 11.1 Å². The lowest BCUT2D eigenvalue weighted by atomic mass is 9.93. The fourth-order valence-electron chi connectivity index (χ4n) is 2.28. The van der Waals surface area contributed by atoms with E-state index in [-0.39, 0.29) is 5.92 Å². The predicted octanol–water partition coefficient (Wildman–Crippen LogP) is 2.62. The third-order valence-corrected chi connectivity index (χ3v) is 3.59. The summed E-state index contributed by atoms with van der Waals surface area (Å²) in [5.74, 6) is -1.44. The molecule has 0 saturated carbocycles. The Morgan fingerprint density at radius 2 is 1.74 bits per heavy atom. The van der Waals surface area contributed by atoms with E-state index in [1.54, 1.807) is 24.3 Å². The molecule has 2 aromatic rings. The number of carbonyl (C=O) groups is 2. The van der Waals surface area contributed by atoms with E-state index in [2.05, 4.69) is 16.6 Å². The molecule has 0 spiro atoms. The maximum Gasteiger partial charge on any atom is 0.411 e. The van der Waals surface area contributed by atoms with Crippen molar-refractivity contribution < 1.29 is 14.7 Å². The second-order valence-electron chi connectivity index (χ2n) is 5.44. The fraction of sp³-hybridized carbons (Fsp3) is 0.105. The molecule has 0 aromatic heterocycles. The van der Waals surface area contributed by atoms with Crippen molar-refractivity contribution in [1.82, 2.24) is 5.32 Å². The van der Waals surface area contributed by atoms with Crippen LogP contribution in [0.15, 0.2) is 59.7 Å². The molecule has 0 heterocycles. The molecule has 0 aliphatic carbocycles. The zero-order valence-electron chi connectivity index (χ0n) is 14.1. The van der Waals surface area contributed by atoms with Crippen LogP contribution >= 0.6 is 0 Å². The van der Waals surface area contributed by atoms with Gasteiger partial charge in [0.15, 0.2) is 0 Å². The average molecular weight is 361 g/mol. The fourth-order valence-corrected chi connectivity index (χ4v) is 2.28. The summed E-state index contributed by atoms with van der Waals surface area (Å²) in [5, 5.41) is 31.9. The highest BCUT2D eigenvalue weighted by Crippen LogP contribution is 2.22. The van der Waals surface area contributed by atoms with Crippen LogP contribution in [-0.2, 0) is 11.2 Å². The molecule has 3 N–H and O–H groups in total. The minimum absolute atomic E-state index is 0.319. The quantitative estimate of drug-likeness (QED) is 0.534. The molecule has 0 aliphatic rings. The molecule has 8 heteroatoms. The number of hydrogen-bond acceptors (Lipinski definition) is 6. The van der Waals surface area contributed by atoms with Crippen molar-refractivity contribution in [3.05, 3.63) is 65.7 Å². The van der Waals surface area contributed by atoms with Crippen LogP contribution < -0.4 is 10.7 Å². The Bertz CT molecular complexity index is 925. The Labute approximate surface area is 155 Å². The van der Waals surface area contributed by atoms with Gasteiger partial charge in [-0.25, -0.2) is 4.79 Å². The first-order valence-electron chi connectivity index (χ1n) is 7.85. The third-order valence-electron chi connectivity index (χ3n) is 3.59. The van der Waals surface area contributed by atoms with E-state index < -0.39 is 17.7 Å². The van der Waals surface area contributed by atoms with E-state index in [4.69, 9.17) is 10.4 Å².